The van der Waals surface area contributed by atoms with E-state index in [0.29, 0.717) is 30.8 Å². The van der Waals surface area contributed by atoms with Gasteiger partial charge in [0.25, 0.3) is 5.91 Å². The minimum absolute atomic E-state index is 0.0291. The molecular weight excluding hydrogens is 364 g/mol. The van der Waals surface area contributed by atoms with Gasteiger partial charge in [-0.05, 0) is 55.6 Å². The van der Waals surface area contributed by atoms with E-state index in [-0.39, 0.29) is 30.6 Å². The highest BCUT2D eigenvalue weighted by atomic mass is 16.5. The van der Waals surface area contributed by atoms with Gasteiger partial charge < -0.3 is 15.0 Å². The average Bonchev–Trinajstić information content (AvgIpc) is 2.73. The van der Waals surface area contributed by atoms with Gasteiger partial charge in [0.2, 0.25) is 5.91 Å². The van der Waals surface area contributed by atoms with Crippen LogP contribution in [0.25, 0.3) is 0 Å². The molecule has 5 heteroatoms. The first-order chi connectivity index (χ1) is 13.9. The molecule has 1 aliphatic carbocycles. The number of nitrogens with one attached hydrogen (secondary N) is 1. The van der Waals surface area contributed by atoms with Crippen molar-refractivity contribution < 1.29 is 14.3 Å². The molecular formula is C24H36N2O3. The van der Waals surface area contributed by atoms with E-state index in [1.54, 1.807) is 0 Å². The van der Waals surface area contributed by atoms with Crippen LogP contribution in [0.15, 0.2) is 30.3 Å². The molecule has 1 aliphatic heterocycles. The van der Waals surface area contributed by atoms with Crippen LogP contribution in [0, 0.1) is 17.8 Å². The van der Waals surface area contributed by atoms with Gasteiger partial charge in [-0.25, -0.2) is 0 Å². The van der Waals surface area contributed by atoms with Crippen molar-refractivity contribution in [3.8, 4) is 0 Å². The molecule has 160 valence electrons. The van der Waals surface area contributed by atoms with Crippen LogP contribution < -0.4 is 5.32 Å². The third-order valence-corrected chi connectivity index (χ3v) is 6.56. The average molecular weight is 401 g/mol. The fraction of sp³-hybridized carbons (Fsp3) is 0.667. The van der Waals surface area contributed by atoms with Gasteiger partial charge in [-0.15, -0.1) is 0 Å². The van der Waals surface area contributed by atoms with E-state index in [1.165, 1.54) is 12.8 Å². The summed E-state index contributed by atoms with van der Waals surface area (Å²) in [5, 5.41) is 3.11. The van der Waals surface area contributed by atoms with E-state index >= 15 is 0 Å². The molecule has 1 saturated carbocycles. The Hall–Kier alpha value is -1.88. The summed E-state index contributed by atoms with van der Waals surface area (Å²) in [5.41, 5.74) is 0.727. The van der Waals surface area contributed by atoms with E-state index in [2.05, 4.69) is 26.1 Å². The topological polar surface area (TPSA) is 58.6 Å². The predicted octanol–water partition coefficient (Wildman–Crippen LogP) is 3.88. The maximum absolute atomic E-state index is 12.5. The lowest BCUT2D eigenvalue weighted by Crippen LogP contribution is -2.47. The minimum Gasteiger partial charge on any atom is -0.368 e. The minimum atomic E-state index is -0.0291. The molecule has 0 bridgehead atoms. The Morgan fingerprint density at radius 1 is 1.10 bits per heavy atom. The van der Waals surface area contributed by atoms with Crippen LogP contribution in [0.5, 0.6) is 0 Å². The van der Waals surface area contributed by atoms with Gasteiger partial charge in [-0.1, -0.05) is 45.4 Å². The number of nitrogens with zero attached hydrogens (tertiary/aromatic N) is 1. The standard InChI is InChI=1S/C24H36N2O3/c1-17(2)21-10-9-18(3)15-22(21)29-16-23(27)25-20-11-13-26(14-12-20)24(28)19-7-5-4-6-8-19/h4-8,17-18,20-22H,9-16H2,1-3H3,(H,25,27)/t18-,21+,22-/m1/s1. The van der Waals surface area contributed by atoms with E-state index in [9.17, 15) is 9.59 Å². The van der Waals surface area contributed by atoms with Crippen molar-refractivity contribution in [2.24, 2.45) is 17.8 Å². The second-order valence-corrected chi connectivity index (χ2v) is 9.18. The van der Waals surface area contributed by atoms with Crippen molar-refractivity contribution in [1.82, 2.24) is 10.2 Å². The number of rotatable bonds is 6. The fourth-order valence-corrected chi connectivity index (χ4v) is 4.75. The molecule has 3 rings (SSSR count). The lowest BCUT2D eigenvalue weighted by Gasteiger charge is -2.37. The van der Waals surface area contributed by atoms with Gasteiger partial charge in [0.05, 0.1) is 6.10 Å². The number of amides is 2. The number of hydrogen-bond acceptors (Lipinski definition) is 3. The number of carbonyl (C=O) groups is 2. The highest BCUT2D eigenvalue weighted by Crippen LogP contribution is 2.35. The molecule has 29 heavy (non-hydrogen) atoms. The van der Waals surface area contributed by atoms with Crippen LogP contribution in [-0.2, 0) is 9.53 Å². The number of likely N-dealkylation sites (tertiary alicyclic amines) is 1. The molecule has 1 heterocycles. The molecule has 0 radical (unpaired) electrons. The molecule has 0 aromatic heterocycles. The van der Waals surface area contributed by atoms with E-state index in [0.717, 1.165) is 24.8 Å². The molecule has 1 aromatic rings. The Labute approximate surface area is 175 Å². The normalized spacial score (nSPS) is 25.8. The Bertz CT molecular complexity index is 668. The zero-order valence-electron chi connectivity index (χ0n) is 18.1. The summed E-state index contributed by atoms with van der Waals surface area (Å²) in [6.45, 7) is 8.27. The first kappa shape index (κ1) is 21.8. The highest BCUT2D eigenvalue weighted by molar-refractivity contribution is 5.94. The van der Waals surface area contributed by atoms with Crippen LogP contribution in [0.3, 0.4) is 0 Å². The molecule has 5 nitrogen and oxygen atoms in total. The Morgan fingerprint density at radius 2 is 1.79 bits per heavy atom. The summed E-state index contributed by atoms with van der Waals surface area (Å²) in [6, 6.07) is 9.51. The number of hydrogen-bond donors (Lipinski definition) is 1. The zero-order chi connectivity index (χ0) is 20.8. The zero-order valence-corrected chi connectivity index (χ0v) is 18.1. The summed E-state index contributed by atoms with van der Waals surface area (Å²) in [5.74, 6) is 1.85. The van der Waals surface area contributed by atoms with E-state index in [4.69, 9.17) is 4.74 Å². The van der Waals surface area contributed by atoms with Crippen molar-refractivity contribution in [3.63, 3.8) is 0 Å². The van der Waals surface area contributed by atoms with Gasteiger partial charge in [-0.2, -0.15) is 0 Å². The van der Waals surface area contributed by atoms with Gasteiger partial charge in [0, 0.05) is 24.7 Å². The number of carbonyl (C=O) groups excluding carboxylic acids is 2. The van der Waals surface area contributed by atoms with Crippen LogP contribution in [0.1, 0.15) is 63.2 Å². The van der Waals surface area contributed by atoms with Crippen molar-refractivity contribution in [2.75, 3.05) is 19.7 Å². The molecule has 1 saturated heterocycles. The van der Waals surface area contributed by atoms with Crippen molar-refractivity contribution >= 4 is 11.8 Å². The molecule has 3 atom stereocenters. The monoisotopic (exact) mass is 400 g/mol. The van der Waals surface area contributed by atoms with E-state index < -0.39 is 0 Å². The summed E-state index contributed by atoms with van der Waals surface area (Å²) < 4.78 is 6.07. The maximum atomic E-state index is 12.5. The third kappa shape index (κ3) is 6.05. The predicted molar refractivity (Wildman–Crippen MR) is 115 cm³/mol. The maximum Gasteiger partial charge on any atom is 0.253 e. The lowest BCUT2D eigenvalue weighted by molar-refractivity contribution is -0.132. The number of benzene rings is 1. The molecule has 2 fully saturated rings. The first-order valence-electron chi connectivity index (χ1n) is 11.2. The number of ether oxygens (including phenoxy) is 1. The summed E-state index contributed by atoms with van der Waals surface area (Å²) in [6.07, 6.45) is 5.28. The number of piperidine rings is 1. The second-order valence-electron chi connectivity index (χ2n) is 9.18. The van der Waals surface area contributed by atoms with Crippen LogP contribution in [0.2, 0.25) is 0 Å². The second kappa shape index (κ2) is 10.2. The van der Waals surface area contributed by atoms with E-state index in [1.807, 2.05) is 35.2 Å². The van der Waals surface area contributed by atoms with Crippen molar-refractivity contribution in [1.29, 1.82) is 0 Å². The fourth-order valence-electron chi connectivity index (χ4n) is 4.75. The molecule has 2 aliphatic rings. The van der Waals surface area contributed by atoms with Gasteiger partial charge in [0.15, 0.2) is 0 Å². The molecule has 0 unspecified atom stereocenters. The molecule has 1 N–H and O–H groups in total. The first-order valence-corrected chi connectivity index (χ1v) is 11.2. The Morgan fingerprint density at radius 3 is 2.45 bits per heavy atom. The smallest absolute Gasteiger partial charge is 0.253 e. The SMILES string of the molecule is CC(C)[C@@H]1CC[C@@H](C)C[C@H]1OCC(=O)NC1CCN(C(=O)c2ccccc2)CC1. The molecule has 1 aromatic carbocycles. The Kier molecular flexibility index (Phi) is 7.70. The quantitative estimate of drug-likeness (QED) is 0.788. The highest BCUT2D eigenvalue weighted by Gasteiger charge is 2.32. The van der Waals surface area contributed by atoms with Crippen LogP contribution in [-0.4, -0.2) is 48.6 Å². The molecule has 2 amide bonds. The molecule has 0 spiro atoms. The van der Waals surface area contributed by atoms with Gasteiger partial charge >= 0.3 is 0 Å². The lowest BCUT2D eigenvalue weighted by atomic mass is 9.75. The Balaban J connectivity index is 1.41. The summed E-state index contributed by atoms with van der Waals surface area (Å²) in [4.78, 5) is 26.8. The van der Waals surface area contributed by atoms with Crippen molar-refractivity contribution in [2.45, 2.75) is 65.0 Å². The van der Waals surface area contributed by atoms with Crippen LogP contribution >= 0.6 is 0 Å². The summed E-state index contributed by atoms with van der Waals surface area (Å²) >= 11 is 0. The van der Waals surface area contributed by atoms with Gasteiger partial charge in [-0.3, -0.25) is 9.59 Å². The summed E-state index contributed by atoms with van der Waals surface area (Å²) in [7, 11) is 0. The van der Waals surface area contributed by atoms with Crippen molar-refractivity contribution in [3.05, 3.63) is 35.9 Å². The van der Waals surface area contributed by atoms with Gasteiger partial charge in [0.1, 0.15) is 6.61 Å². The third-order valence-electron chi connectivity index (χ3n) is 6.56. The largest absolute Gasteiger partial charge is 0.368 e. The van der Waals surface area contributed by atoms with Crippen LogP contribution in [0.4, 0.5) is 0 Å².